The van der Waals surface area contributed by atoms with Crippen LogP contribution in [0.5, 0.6) is 5.75 Å². The second-order valence-electron chi connectivity index (χ2n) is 7.31. The zero-order valence-corrected chi connectivity index (χ0v) is 17.2. The molecule has 4 rings (SSSR count). The highest BCUT2D eigenvalue weighted by Gasteiger charge is 2.14. The first-order chi connectivity index (χ1) is 14.5. The van der Waals surface area contributed by atoms with E-state index in [0.717, 1.165) is 33.2 Å². The van der Waals surface area contributed by atoms with Gasteiger partial charge in [-0.15, -0.1) is 10.2 Å². The third-order valence-corrected chi connectivity index (χ3v) is 5.00. The molecule has 1 amide bonds. The number of carbonyl (C=O) groups excluding carboxylic acids is 1. The largest absolute Gasteiger partial charge is 0.497 e. The SMILES string of the molecule is COc1ccc2cc(CN(C)C(=O)Cn3nnc(-c4ccc(C)cc4)n3)ccc2c1. The van der Waals surface area contributed by atoms with Gasteiger partial charge in [0.05, 0.1) is 7.11 Å². The van der Waals surface area contributed by atoms with Gasteiger partial charge in [0.1, 0.15) is 12.3 Å². The van der Waals surface area contributed by atoms with Crippen LogP contribution in [0.2, 0.25) is 0 Å². The molecule has 3 aromatic carbocycles. The molecule has 0 unspecified atom stereocenters. The van der Waals surface area contributed by atoms with Gasteiger partial charge in [-0.3, -0.25) is 4.79 Å². The van der Waals surface area contributed by atoms with Gasteiger partial charge in [-0.2, -0.15) is 4.80 Å². The average Bonchev–Trinajstić information content (AvgIpc) is 3.22. The van der Waals surface area contributed by atoms with E-state index in [2.05, 4.69) is 21.5 Å². The number of likely N-dealkylation sites (N-methyl/N-ethyl adjacent to an activating group) is 1. The molecule has 0 spiro atoms. The predicted molar refractivity (Wildman–Crippen MR) is 115 cm³/mol. The molecule has 0 radical (unpaired) electrons. The van der Waals surface area contributed by atoms with Crippen molar-refractivity contribution in [2.75, 3.05) is 14.2 Å². The van der Waals surface area contributed by atoms with Gasteiger partial charge in [0.2, 0.25) is 11.7 Å². The molecular weight excluding hydrogens is 378 g/mol. The third kappa shape index (κ3) is 4.30. The first-order valence-corrected chi connectivity index (χ1v) is 9.67. The number of carbonyl (C=O) groups is 1. The lowest BCUT2D eigenvalue weighted by molar-refractivity contribution is -0.131. The van der Waals surface area contributed by atoms with Crippen LogP contribution in [0, 0.1) is 6.92 Å². The molecule has 152 valence electrons. The topological polar surface area (TPSA) is 73.1 Å². The summed E-state index contributed by atoms with van der Waals surface area (Å²) in [5.41, 5.74) is 3.09. The van der Waals surface area contributed by atoms with E-state index in [-0.39, 0.29) is 12.5 Å². The van der Waals surface area contributed by atoms with Crippen molar-refractivity contribution in [3.63, 3.8) is 0 Å². The number of nitrogens with zero attached hydrogens (tertiary/aromatic N) is 5. The highest BCUT2D eigenvalue weighted by atomic mass is 16.5. The number of hydrogen-bond acceptors (Lipinski definition) is 5. The molecule has 0 fully saturated rings. The van der Waals surface area contributed by atoms with Crippen LogP contribution < -0.4 is 4.74 Å². The fourth-order valence-electron chi connectivity index (χ4n) is 3.23. The standard InChI is InChI=1S/C23H23N5O2/c1-16-4-7-18(8-5-16)23-24-26-28(25-23)15-22(29)27(2)14-17-6-9-20-13-21(30-3)11-10-19(20)12-17/h4-13H,14-15H2,1-3H3. The normalized spacial score (nSPS) is 10.9. The summed E-state index contributed by atoms with van der Waals surface area (Å²) in [5, 5.41) is 14.6. The van der Waals surface area contributed by atoms with Gasteiger partial charge in [-0.25, -0.2) is 0 Å². The van der Waals surface area contributed by atoms with Crippen molar-refractivity contribution in [3.8, 4) is 17.1 Å². The van der Waals surface area contributed by atoms with E-state index in [0.29, 0.717) is 12.4 Å². The van der Waals surface area contributed by atoms with Crippen LogP contribution in [0.15, 0.2) is 60.7 Å². The number of hydrogen-bond donors (Lipinski definition) is 0. The number of benzene rings is 3. The fourth-order valence-corrected chi connectivity index (χ4v) is 3.23. The summed E-state index contributed by atoms with van der Waals surface area (Å²) in [7, 11) is 3.43. The van der Waals surface area contributed by atoms with Crippen LogP contribution in [0.4, 0.5) is 0 Å². The molecule has 1 heterocycles. The van der Waals surface area contributed by atoms with E-state index >= 15 is 0 Å². The lowest BCUT2D eigenvalue weighted by atomic mass is 10.1. The summed E-state index contributed by atoms with van der Waals surface area (Å²) < 4.78 is 5.27. The Labute approximate surface area is 174 Å². The molecule has 0 aliphatic heterocycles. The van der Waals surface area contributed by atoms with E-state index < -0.39 is 0 Å². The zero-order chi connectivity index (χ0) is 21.1. The lowest BCUT2D eigenvalue weighted by Gasteiger charge is -2.17. The Hall–Kier alpha value is -3.74. The Balaban J connectivity index is 1.41. The Morgan fingerprint density at radius 3 is 2.53 bits per heavy atom. The fraction of sp³-hybridized carbons (Fsp3) is 0.217. The van der Waals surface area contributed by atoms with Gasteiger partial charge in [0.25, 0.3) is 0 Å². The second kappa shape index (κ2) is 8.32. The van der Waals surface area contributed by atoms with Crippen molar-refractivity contribution < 1.29 is 9.53 Å². The van der Waals surface area contributed by atoms with Gasteiger partial charge in [-0.05, 0) is 46.7 Å². The van der Waals surface area contributed by atoms with E-state index in [1.54, 1.807) is 19.1 Å². The Bertz CT molecular complexity index is 1180. The molecule has 1 aromatic heterocycles. The highest BCUT2D eigenvalue weighted by Crippen LogP contribution is 2.22. The molecule has 0 saturated heterocycles. The second-order valence-corrected chi connectivity index (χ2v) is 7.31. The van der Waals surface area contributed by atoms with Gasteiger partial charge < -0.3 is 9.64 Å². The Morgan fingerprint density at radius 2 is 1.77 bits per heavy atom. The van der Waals surface area contributed by atoms with Crippen molar-refractivity contribution in [1.29, 1.82) is 0 Å². The molecule has 0 aliphatic rings. The molecule has 0 aliphatic carbocycles. The summed E-state index contributed by atoms with van der Waals surface area (Å²) in [6.45, 7) is 2.56. The zero-order valence-electron chi connectivity index (χ0n) is 17.2. The minimum atomic E-state index is -0.0855. The number of fused-ring (bicyclic) bond motifs is 1. The average molecular weight is 401 g/mol. The Morgan fingerprint density at radius 1 is 1.03 bits per heavy atom. The maximum atomic E-state index is 12.6. The quantitative estimate of drug-likeness (QED) is 0.495. The van der Waals surface area contributed by atoms with Gasteiger partial charge >= 0.3 is 0 Å². The maximum absolute atomic E-state index is 12.6. The van der Waals surface area contributed by atoms with Crippen LogP contribution in [0.1, 0.15) is 11.1 Å². The monoisotopic (exact) mass is 401 g/mol. The van der Waals surface area contributed by atoms with Crippen molar-refractivity contribution in [3.05, 3.63) is 71.8 Å². The highest BCUT2D eigenvalue weighted by molar-refractivity contribution is 5.84. The number of aromatic nitrogens is 4. The smallest absolute Gasteiger partial charge is 0.246 e. The number of aryl methyl sites for hydroxylation is 1. The van der Waals surface area contributed by atoms with Crippen LogP contribution in [-0.4, -0.2) is 45.2 Å². The molecule has 0 saturated carbocycles. The summed E-state index contributed by atoms with van der Waals surface area (Å²) in [6, 6.07) is 20.0. The van der Waals surface area contributed by atoms with Gasteiger partial charge in [-0.1, -0.05) is 48.0 Å². The van der Waals surface area contributed by atoms with Gasteiger partial charge in [0, 0.05) is 19.2 Å². The summed E-state index contributed by atoms with van der Waals surface area (Å²) in [4.78, 5) is 15.6. The molecule has 0 bridgehead atoms. The van der Waals surface area contributed by atoms with E-state index in [1.807, 2.05) is 61.5 Å². The van der Waals surface area contributed by atoms with Crippen LogP contribution in [0.3, 0.4) is 0 Å². The first-order valence-electron chi connectivity index (χ1n) is 9.67. The maximum Gasteiger partial charge on any atom is 0.246 e. The summed E-state index contributed by atoms with van der Waals surface area (Å²) >= 11 is 0. The van der Waals surface area contributed by atoms with Gasteiger partial charge in [0.15, 0.2) is 0 Å². The third-order valence-electron chi connectivity index (χ3n) is 5.00. The van der Waals surface area contributed by atoms with Crippen molar-refractivity contribution in [2.45, 2.75) is 20.0 Å². The summed E-state index contributed by atoms with van der Waals surface area (Å²) in [6.07, 6.45) is 0. The molecule has 4 aromatic rings. The minimum Gasteiger partial charge on any atom is -0.497 e. The summed E-state index contributed by atoms with van der Waals surface area (Å²) in [5.74, 6) is 1.25. The number of rotatable bonds is 6. The van der Waals surface area contributed by atoms with Crippen LogP contribution >= 0.6 is 0 Å². The van der Waals surface area contributed by atoms with E-state index in [9.17, 15) is 4.79 Å². The van der Waals surface area contributed by atoms with Crippen LogP contribution in [-0.2, 0) is 17.9 Å². The predicted octanol–water partition coefficient (Wildman–Crippen LogP) is 3.47. The van der Waals surface area contributed by atoms with Crippen molar-refractivity contribution >= 4 is 16.7 Å². The first kappa shape index (κ1) is 19.6. The molecule has 7 nitrogen and oxygen atoms in total. The molecule has 0 atom stereocenters. The molecule has 30 heavy (non-hydrogen) atoms. The number of methoxy groups -OCH3 is 1. The number of ether oxygens (including phenoxy) is 1. The van der Waals surface area contributed by atoms with Crippen molar-refractivity contribution in [2.24, 2.45) is 0 Å². The van der Waals surface area contributed by atoms with Crippen molar-refractivity contribution in [1.82, 2.24) is 25.1 Å². The molecule has 0 N–H and O–H groups in total. The van der Waals surface area contributed by atoms with E-state index in [1.165, 1.54) is 4.80 Å². The number of tetrazole rings is 1. The lowest BCUT2D eigenvalue weighted by Crippen LogP contribution is -2.30. The van der Waals surface area contributed by atoms with E-state index in [4.69, 9.17) is 4.74 Å². The molecule has 7 heteroatoms. The number of amides is 1. The minimum absolute atomic E-state index is 0.0418. The molecular formula is C23H23N5O2. The van der Waals surface area contributed by atoms with Crippen LogP contribution in [0.25, 0.3) is 22.2 Å². The Kier molecular flexibility index (Phi) is 5.43.